The third kappa shape index (κ3) is 4.20. The van der Waals surface area contributed by atoms with Crippen LogP contribution < -0.4 is 5.32 Å². The van der Waals surface area contributed by atoms with E-state index in [4.69, 9.17) is 0 Å². The number of rotatable bonds is 4. The third-order valence-electron chi connectivity index (χ3n) is 3.86. The van der Waals surface area contributed by atoms with Crippen molar-refractivity contribution in [3.8, 4) is 17.2 Å². The smallest absolute Gasteiger partial charge is 0.288 e. The molecular weight excluding hydrogens is 469 g/mol. The molecule has 0 aliphatic rings. The lowest BCUT2D eigenvalue weighted by atomic mass is 10.2. The Balaban J connectivity index is 1.46. The Hall–Kier alpha value is -3.61. The van der Waals surface area contributed by atoms with Gasteiger partial charge in [-0.05, 0) is 24.3 Å². The summed E-state index contributed by atoms with van der Waals surface area (Å²) in [6.07, 6.45) is -2.59. The van der Waals surface area contributed by atoms with Crippen LogP contribution in [0.2, 0.25) is 0 Å². The number of carbonyl (C=O) groups is 1. The van der Waals surface area contributed by atoms with Crippen LogP contribution in [0.5, 0.6) is 0 Å². The molecule has 0 saturated carbocycles. The molecule has 0 bridgehead atoms. The van der Waals surface area contributed by atoms with E-state index in [0.29, 0.717) is 12.0 Å². The Morgan fingerprint density at radius 1 is 1.13 bits per heavy atom. The summed E-state index contributed by atoms with van der Waals surface area (Å²) >= 11 is 3.34. The Bertz CT molecular complexity index is 1180. The molecule has 0 radical (unpaired) electrons. The molecule has 4 rings (SSSR count). The van der Waals surface area contributed by atoms with Crippen LogP contribution in [-0.2, 0) is 6.18 Å². The van der Waals surface area contributed by atoms with E-state index in [2.05, 4.69) is 51.7 Å². The lowest BCUT2D eigenvalue weighted by Gasteiger charge is -2.06. The summed E-state index contributed by atoms with van der Waals surface area (Å²) in [6, 6.07) is 9.30. The average Bonchev–Trinajstić information content (AvgIpc) is 3.38. The van der Waals surface area contributed by atoms with Gasteiger partial charge >= 0.3 is 6.18 Å². The van der Waals surface area contributed by atoms with Crippen LogP contribution in [0.3, 0.4) is 0 Å². The maximum absolute atomic E-state index is 12.6. The summed E-state index contributed by atoms with van der Waals surface area (Å²) in [5.41, 5.74) is -0.215. The number of amides is 1. The van der Waals surface area contributed by atoms with Crippen molar-refractivity contribution in [1.29, 1.82) is 0 Å². The minimum Gasteiger partial charge on any atom is -0.288 e. The van der Waals surface area contributed by atoms with Crippen LogP contribution >= 0.6 is 15.9 Å². The Morgan fingerprint density at radius 3 is 2.57 bits per heavy atom. The number of hydrogen-bond acceptors (Lipinski definition) is 6. The summed E-state index contributed by atoms with van der Waals surface area (Å²) in [5, 5.41) is 16.5. The summed E-state index contributed by atoms with van der Waals surface area (Å²) in [7, 11) is 0. The molecule has 0 saturated heterocycles. The Labute approximate surface area is 174 Å². The van der Waals surface area contributed by atoms with Crippen molar-refractivity contribution in [2.75, 3.05) is 5.32 Å². The number of halogens is 4. The van der Waals surface area contributed by atoms with Gasteiger partial charge in [0.25, 0.3) is 5.91 Å². The Morgan fingerprint density at radius 2 is 1.90 bits per heavy atom. The van der Waals surface area contributed by atoms with E-state index < -0.39 is 17.6 Å². The number of alkyl halides is 3. The van der Waals surface area contributed by atoms with Gasteiger partial charge in [-0.2, -0.15) is 18.2 Å². The van der Waals surface area contributed by atoms with E-state index in [1.807, 2.05) is 24.3 Å². The van der Waals surface area contributed by atoms with E-state index in [1.54, 1.807) is 0 Å². The number of H-pyrrole nitrogens is 1. The molecule has 152 valence electrons. The third-order valence-corrected chi connectivity index (χ3v) is 4.39. The quantitative estimate of drug-likeness (QED) is 0.464. The predicted octanol–water partition coefficient (Wildman–Crippen LogP) is 3.48. The average molecular weight is 479 g/mol. The second-order valence-corrected chi connectivity index (χ2v) is 6.84. The van der Waals surface area contributed by atoms with Gasteiger partial charge in [0.2, 0.25) is 5.95 Å². The molecule has 3 heterocycles. The molecular formula is C17H10BrF3N8O. The fraction of sp³-hybridized carbons (Fsp3) is 0.0588. The van der Waals surface area contributed by atoms with Crippen molar-refractivity contribution in [3.63, 3.8) is 0 Å². The van der Waals surface area contributed by atoms with Gasteiger partial charge in [-0.1, -0.05) is 33.3 Å². The van der Waals surface area contributed by atoms with Crippen molar-refractivity contribution in [3.05, 3.63) is 64.5 Å². The van der Waals surface area contributed by atoms with Crippen LogP contribution in [-0.4, -0.2) is 41.1 Å². The number of aromatic nitrogens is 7. The van der Waals surface area contributed by atoms with Gasteiger partial charge in [0.15, 0.2) is 17.3 Å². The second kappa shape index (κ2) is 7.67. The molecule has 2 N–H and O–H groups in total. The number of nitrogens with zero attached hydrogens (tertiary/aromatic N) is 6. The van der Waals surface area contributed by atoms with E-state index in [0.717, 1.165) is 26.9 Å². The molecule has 0 unspecified atom stereocenters. The molecule has 1 aromatic carbocycles. The molecule has 0 spiro atoms. The summed E-state index contributed by atoms with van der Waals surface area (Å²) < 4.78 is 39.9. The molecule has 0 aliphatic carbocycles. The van der Waals surface area contributed by atoms with Gasteiger partial charge in [0.1, 0.15) is 0 Å². The van der Waals surface area contributed by atoms with Gasteiger partial charge in [-0.25, -0.2) is 9.67 Å². The van der Waals surface area contributed by atoms with Crippen LogP contribution in [0, 0.1) is 0 Å². The van der Waals surface area contributed by atoms with Crippen LogP contribution in [0.1, 0.15) is 16.1 Å². The van der Waals surface area contributed by atoms with Crippen molar-refractivity contribution in [2.24, 2.45) is 0 Å². The molecule has 0 fully saturated rings. The lowest BCUT2D eigenvalue weighted by Crippen LogP contribution is -2.13. The van der Waals surface area contributed by atoms with Crippen molar-refractivity contribution < 1.29 is 18.0 Å². The first-order valence-electron chi connectivity index (χ1n) is 8.25. The highest BCUT2D eigenvalue weighted by Crippen LogP contribution is 2.28. The number of nitrogens with one attached hydrogen (secondary N) is 2. The monoisotopic (exact) mass is 478 g/mol. The first-order valence-corrected chi connectivity index (χ1v) is 9.04. The zero-order valence-electron chi connectivity index (χ0n) is 14.7. The number of anilines is 1. The van der Waals surface area contributed by atoms with E-state index in [-0.39, 0.29) is 17.5 Å². The van der Waals surface area contributed by atoms with E-state index in [9.17, 15) is 18.0 Å². The zero-order valence-corrected chi connectivity index (χ0v) is 16.3. The highest BCUT2D eigenvalue weighted by atomic mass is 79.9. The van der Waals surface area contributed by atoms with Crippen LogP contribution in [0.15, 0.2) is 53.3 Å². The fourth-order valence-corrected chi connectivity index (χ4v) is 2.65. The number of carbonyl (C=O) groups excluding carboxylic acids is 1. The van der Waals surface area contributed by atoms with Crippen molar-refractivity contribution in [1.82, 2.24) is 35.2 Å². The van der Waals surface area contributed by atoms with Crippen molar-refractivity contribution in [2.45, 2.75) is 6.18 Å². The van der Waals surface area contributed by atoms with Gasteiger partial charge in [0.05, 0.1) is 11.8 Å². The molecule has 1 amide bonds. The topological polar surface area (TPSA) is 114 Å². The van der Waals surface area contributed by atoms with Crippen LogP contribution in [0.4, 0.5) is 19.1 Å². The second-order valence-electron chi connectivity index (χ2n) is 5.92. The summed E-state index contributed by atoms with van der Waals surface area (Å²) in [6.45, 7) is 0. The maximum Gasteiger partial charge on any atom is 0.417 e. The predicted molar refractivity (Wildman–Crippen MR) is 102 cm³/mol. The van der Waals surface area contributed by atoms with Crippen molar-refractivity contribution >= 4 is 27.8 Å². The zero-order chi connectivity index (χ0) is 21.3. The standard InChI is InChI=1S/C17H10BrF3N8O/c18-11-4-1-9(2-5-11)14-23-16(27-26-14)24-15(30)12-8-29(28-25-12)13-6-3-10(7-22-13)17(19,20)21/h1-8H,(H2,23,24,26,27,30). The number of hydrogen-bond donors (Lipinski definition) is 2. The number of aromatic amines is 1. The summed E-state index contributed by atoms with van der Waals surface area (Å²) in [5.74, 6) is -0.0879. The maximum atomic E-state index is 12.6. The van der Waals surface area contributed by atoms with E-state index >= 15 is 0 Å². The molecule has 0 aliphatic heterocycles. The Kier molecular flexibility index (Phi) is 5.03. The van der Waals surface area contributed by atoms with Gasteiger partial charge in [-0.3, -0.25) is 15.2 Å². The molecule has 30 heavy (non-hydrogen) atoms. The lowest BCUT2D eigenvalue weighted by molar-refractivity contribution is -0.137. The largest absolute Gasteiger partial charge is 0.417 e. The SMILES string of the molecule is O=C(Nc1n[nH]c(-c2ccc(Br)cc2)n1)c1cn(-c2ccc(C(F)(F)F)cn2)nn1. The van der Waals surface area contributed by atoms with Gasteiger partial charge < -0.3 is 0 Å². The molecule has 13 heteroatoms. The highest BCUT2D eigenvalue weighted by molar-refractivity contribution is 9.10. The minimum atomic E-state index is -4.50. The normalized spacial score (nSPS) is 11.5. The highest BCUT2D eigenvalue weighted by Gasteiger charge is 2.30. The first-order chi connectivity index (χ1) is 14.3. The van der Waals surface area contributed by atoms with Gasteiger partial charge in [0, 0.05) is 16.2 Å². The number of pyridine rings is 1. The molecule has 4 aromatic rings. The first kappa shape index (κ1) is 19.7. The number of benzene rings is 1. The van der Waals surface area contributed by atoms with E-state index in [1.165, 1.54) is 6.20 Å². The minimum absolute atomic E-state index is 0.0279. The molecule has 3 aromatic heterocycles. The molecule has 9 nitrogen and oxygen atoms in total. The summed E-state index contributed by atoms with van der Waals surface area (Å²) in [4.78, 5) is 20.2. The van der Waals surface area contributed by atoms with Crippen LogP contribution in [0.25, 0.3) is 17.2 Å². The fourth-order valence-electron chi connectivity index (χ4n) is 2.39. The van der Waals surface area contributed by atoms with Gasteiger partial charge in [-0.15, -0.1) is 10.2 Å². The molecule has 0 atom stereocenters.